The monoisotopic (exact) mass is 315 g/mol. The van der Waals surface area contributed by atoms with Crippen molar-refractivity contribution in [2.24, 2.45) is 5.18 Å². The second-order valence-corrected chi connectivity index (χ2v) is 5.88. The molecule has 0 amide bonds. The van der Waals surface area contributed by atoms with E-state index in [2.05, 4.69) is 25.8 Å². The Morgan fingerprint density at radius 2 is 1.95 bits per heavy atom. The van der Waals surface area contributed by atoms with Crippen molar-refractivity contribution in [1.82, 2.24) is 9.97 Å². The van der Waals surface area contributed by atoms with Crippen LogP contribution in [0.2, 0.25) is 0 Å². The molecule has 7 heteroatoms. The zero-order valence-electron chi connectivity index (χ0n) is 12.2. The number of thioether (sulfide) groups is 1. The first kappa shape index (κ1) is 14.8. The number of benzene rings is 1. The Kier molecular flexibility index (Phi) is 4.53. The van der Waals surface area contributed by atoms with Gasteiger partial charge in [-0.3, -0.25) is 0 Å². The van der Waals surface area contributed by atoms with Crippen molar-refractivity contribution in [3.63, 3.8) is 0 Å². The fourth-order valence-electron chi connectivity index (χ4n) is 2.04. The highest BCUT2D eigenvalue weighted by Crippen LogP contribution is 2.35. The maximum atomic E-state index is 11.2. The van der Waals surface area contributed by atoms with E-state index in [1.165, 1.54) is 11.8 Å². The van der Waals surface area contributed by atoms with Crippen molar-refractivity contribution >= 4 is 29.1 Å². The van der Waals surface area contributed by atoms with E-state index in [4.69, 9.17) is 0 Å². The number of nitroso groups, excluding NO2 is 1. The van der Waals surface area contributed by atoms with E-state index in [-0.39, 0.29) is 5.69 Å². The summed E-state index contributed by atoms with van der Waals surface area (Å²) in [4.78, 5) is 20.0. The Morgan fingerprint density at radius 1 is 1.23 bits per heavy atom. The summed E-state index contributed by atoms with van der Waals surface area (Å²) < 4.78 is 0. The molecule has 114 valence electrons. The van der Waals surface area contributed by atoms with Crippen molar-refractivity contribution < 1.29 is 0 Å². The molecule has 1 aliphatic rings. The second-order valence-electron chi connectivity index (χ2n) is 5.11. The molecular formula is C15H17N5OS. The summed E-state index contributed by atoms with van der Waals surface area (Å²) in [5, 5.41) is 10.2. The van der Waals surface area contributed by atoms with Gasteiger partial charge in [0.25, 0.3) is 0 Å². The first-order valence-corrected chi connectivity index (χ1v) is 8.36. The number of hydrogen-bond acceptors (Lipinski definition) is 7. The van der Waals surface area contributed by atoms with Gasteiger partial charge in [0.1, 0.15) is 0 Å². The van der Waals surface area contributed by atoms with E-state index in [9.17, 15) is 4.91 Å². The minimum atomic E-state index is 0.251. The summed E-state index contributed by atoms with van der Waals surface area (Å²) in [6.07, 6.45) is 4.11. The van der Waals surface area contributed by atoms with Gasteiger partial charge in [-0.05, 0) is 29.8 Å². The summed E-state index contributed by atoms with van der Waals surface area (Å²) >= 11 is 1.44. The summed E-state index contributed by atoms with van der Waals surface area (Å²) in [7, 11) is 0. The zero-order valence-corrected chi connectivity index (χ0v) is 13.1. The Bertz CT molecular complexity index is 660. The van der Waals surface area contributed by atoms with Crippen LogP contribution in [0.5, 0.6) is 0 Å². The number of rotatable bonds is 7. The molecule has 2 aromatic rings. The lowest BCUT2D eigenvalue weighted by Gasteiger charge is -2.12. The highest BCUT2D eigenvalue weighted by Gasteiger charge is 2.25. The van der Waals surface area contributed by atoms with Crippen LogP contribution in [0.4, 0.5) is 17.3 Å². The second kappa shape index (κ2) is 6.74. The first-order chi connectivity index (χ1) is 10.8. The standard InChI is InChI=1S/C15H17N5OS/c1-22-15-18-13(16-9-10-5-3-2-4-6-10)12(20-21)14(19-15)17-11-7-8-11/h2-6,11H,7-9H2,1H3,(H2,16,17,18,19). The molecule has 1 saturated carbocycles. The van der Waals surface area contributed by atoms with E-state index in [1.54, 1.807) is 0 Å². The molecule has 2 N–H and O–H groups in total. The molecule has 1 aliphatic carbocycles. The molecule has 6 nitrogen and oxygen atoms in total. The molecule has 3 rings (SSSR count). The quantitative estimate of drug-likeness (QED) is 0.460. The number of nitrogens with zero attached hydrogens (tertiary/aromatic N) is 3. The van der Waals surface area contributed by atoms with Crippen LogP contribution in [0, 0.1) is 4.91 Å². The third-order valence-corrected chi connectivity index (χ3v) is 3.91. The van der Waals surface area contributed by atoms with E-state index in [1.807, 2.05) is 36.6 Å². The van der Waals surface area contributed by atoms with Gasteiger partial charge in [-0.2, -0.15) is 0 Å². The van der Waals surface area contributed by atoms with Gasteiger partial charge in [0.2, 0.25) is 0 Å². The average Bonchev–Trinajstić information content (AvgIpc) is 3.37. The Labute approximate surface area is 133 Å². The molecule has 1 heterocycles. The minimum Gasteiger partial charge on any atom is -0.365 e. The van der Waals surface area contributed by atoms with Gasteiger partial charge >= 0.3 is 0 Å². The fourth-order valence-corrected chi connectivity index (χ4v) is 2.40. The van der Waals surface area contributed by atoms with Gasteiger partial charge in [-0.25, -0.2) is 9.97 Å². The number of anilines is 2. The maximum absolute atomic E-state index is 11.2. The summed E-state index contributed by atoms with van der Waals surface area (Å²) in [5.41, 5.74) is 1.36. The Hall–Kier alpha value is -2.15. The molecule has 0 atom stereocenters. The highest BCUT2D eigenvalue weighted by atomic mass is 32.2. The lowest BCUT2D eigenvalue weighted by atomic mass is 10.2. The number of nitrogens with one attached hydrogen (secondary N) is 2. The van der Waals surface area contributed by atoms with Gasteiger partial charge in [-0.1, -0.05) is 42.1 Å². The average molecular weight is 315 g/mol. The van der Waals surface area contributed by atoms with Crippen LogP contribution in [-0.2, 0) is 6.54 Å². The van der Waals surface area contributed by atoms with Crippen LogP contribution < -0.4 is 10.6 Å². The third kappa shape index (κ3) is 3.54. The van der Waals surface area contributed by atoms with Crippen molar-refractivity contribution in [2.75, 3.05) is 16.9 Å². The van der Waals surface area contributed by atoms with Crippen LogP contribution in [0.25, 0.3) is 0 Å². The molecule has 0 bridgehead atoms. The van der Waals surface area contributed by atoms with Crippen molar-refractivity contribution in [3.8, 4) is 0 Å². The summed E-state index contributed by atoms with van der Waals surface area (Å²) in [6.45, 7) is 0.580. The third-order valence-electron chi connectivity index (χ3n) is 3.36. The van der Waals surface area contributed by atoms with Gasteiger partial charge in [0, 0.05) is 12.6 Å². The predicted octanol–water partition coefficient (Wildman–Crippen LogP) is 3.78. The van der Waals surface area contributed by atoms with Crippen LogP contribution in [0.1, 0.15) is 18.4 Å². The number of hydrogen-bond donors (Lipinski definition) is 2. The van der Waals surface area contributed by atoms with Gasteiger partial charge < -0.3 is 10.6 Å². The van der Waals surface area contributed by atoms with Gasteiger partial charge in [0.15, 0.2) is 22.5 Å². The molecule has 0 saturated heterocycles. The van der Waals surface area contributed by atoms with Crippen LogP contribution in [-0.4, -0.2) is 22.3 Å². The molecule has 0 radical (unpaired) electrons. The molecule has 0 spiro atoms. The predicted molar refractivity (Wildman–Crippen MR) is 89.7 cm³/mol. The van der Waals surface area contributed by atoms with E-state index < -0.39 is 0 Å². The molecule has 1 aromatic carbocycles. The topological polar surface area (TPSA) is 79.3 Å². The lowest BCUT2D eigenvalue weighted by molar-refractivity contribution is 0.943. The largest absolute Gasteiger partial charge is 0.365 e. The molecular weight excluding hydrogens is 298 g/mol. The molecule has 0 unspecified atom stereocenters. The van der Waals surface area contributed by atoms with E-state index in [0.717, 1.165) is 18.4 Å². The van der Waals surface area contributed by atoms with Crippen LogP contribution >= 0.6 is 11.8 Å². The maximum Gasteiger partial charge on any atom is 0.192 e. The lowest BCUT2D eigenvalue weighted by Crippen LogP contribution is -2.08. The van der Waals surface area contributed by atoms with Crippen molar-refractivity contribution in [2.45, 2.75) is 30.6 Å². The Balaban J connectivity index is 1.85. The fraction of sp³-hybridized carbons (Fsp3) is 0.333. The molecule has 22 heavy (non-hydrogen) atoms. The zero-order chi connectivity index (χ0) is 15.4. The normalized spacial score (nSPS) is 13.7. The van der Waals surface area contributed by atoms with Crippen molar-refractivity contribution in [3.05, 3.63) is 40.8 Å². The van der Waals surface area contributed by atoms with Crippen LogP contribution in [0.15, 0.2) is 40.7 Å². The number of aromatic nitrogens is 2. The SMILES string of the molecule is CSc1nc(NCc2ccccc2)c(N=O)c(NC2CC2)n1. The summed E-state index contributed by atoms with van der Waals surface area (Å²) in [6, 6.07) is 10.3. The minimum absolute atomic E-state index is 0.251. The van der Waals surface area contributed by atoms with Gasteiger partial charge in [-0.15, -0.1) is 4.91 Å². The first-order valence-electron chi connectivity index (χ1n) is 7.14. The molecule has 0 aliphatic heterocycles. The molecule has 1 aromatic heterocycles. The van der Waals surface area contributed by atoms with E-state index >= 15 is 0 Å². The van der Waals surface area contributed by atoms with Crippen molar-refractivity contribution in [1.29, 1.82) is 0 Å². The van der Waals surface area contributed by atoms with E-state index in [0.29, 0.717) is 29.4 Å². The Morgan fingerprint density at radius 3 is 2.59 bits per heavy atom. The smallest absolute Gasteiger partial charge is 0.192 e. The van der Waals surface area contributed by atoms with Crippen LogP contribution in [0.3, 0.4) is 0 Å². The summed E-state index contributed by atoms with van der Waals surface area (Å²) in [5.74, 6) is 0.994. The highest BCUT2D eigenvalue weighted by molar-refractivity contribution is 7.98. The molecule has 1 fully saturated rings. The van der Waals surface area contributed by atoms with Gasteiger partial charge in [0.05, 0.1) is 0 Å².